The van der Waals surface area contributed by atoms with Gasteiger partial charge in [-0.2, -0.15) is 0 Å². The van der Waals surface area contributed by atoms with E-state index in [1.807, 2.05) is 41.0 Å². The van der Waals surface area contributed by atoms with E-state index < -0.39 is 0 Å². The number of benzene rings is 2. The summed E-state index contributed by atoms with van der Waals surface area (Å²) in [6.07, 6.45) is 0.720. The van der Waals surface area contributed by atoms with Gasteiger partial charge in [0.05, 0.1) is 0 Å². The van der Waals surface area contributed by atoms with E-state index >= 15 is 0 Å². The lowest BCUT2D eigenvalue weighted by Gasteiger charge is -2.11. The maximum Gasteiger partial charge on any atom is 0.196 e. The highest BCUT2D eigenvalue weighted by atomic mass is 35.5. The minimum absolute atomic E-state index is 0.173. The number of rotatable bonds is 6. The zero-order chi connectivity index (χ0) is 16.9. The van der Waals surface area contributed by atoms with E-state index in [2.05, 4.69) is 29.3 Å². The van der Waals surface area contributed by atoms with Gasteiger partial charge in [-0.15, -0.1) is 10.2 Å². The highest BCUT2D eigenvalue weighted by Crippen LogP contribution is 2.29. The summed E-state index contributed by atoms with van der Waals surface area (Å²) in [6, 6.07) is 15.8. The maximum atomic E-state index is 9.00. The molecule has 3 rings (SSSR count). The van der Waals surface area contributed by atoms with Crippen LogP contribution in [0.4, 0.5) is 0 Å². The number of aliphatic hydroxyl groups excluding tert-OH is 1. The second-order valence-electron chi connectivity index (χ2n) is 5.41. The zero-order valence-electron chi connectivity index (χ0n) is 13.3. The molecule has 1 aromatic heterocycles. The fourth-order valence-electron chi connectivity index (χ4n) is 2.39. The second kappa shape index (κ2) is 7.83. The molecule has 0 aliphatic carbocycles. The summed E-state index contributed by atoms with van der Waals surface area (Å²) in [4.78, 5) is 0. The summed E-state index contributed by atoms with van der Waals surface area (Å²) in [7, 11) is 0. The van der Waals surface area contributed by atoms with Gasteiger partial charge in [-0.1, -0.05) is 47.1 Å². The van der Waals surface area contributed by atoms with Crippen molar-refractivity contribution in [2.24, 2.45) is 0 Å². The van der Waals surface area contributed by atoms with E-state index in [0.29, 0.717) is 5.02 Å². The molecule has 124 valence electrons. The number of nitrogens with zero attached hydrogens (tertiary/aromatic N) is 3. The molecule has 3 aromatic rings. The zero-order valence-corrected chi connectivity index (χ0v) is 14.9. The van der Waals surface area contributed by atoms with Crippen molar-refractivity contribution in [1.29, 1.82) is 0 Å². The number of hydrogen-bond donors (Lipinski definition) is 1. The largest absolute Gasteiger partial charge is 0.396 e. The third-order valence-corrected chi connectivity index (χ3v) is 4.80. The monoisotopic (exact) mass is 359 g/mol. The maximum absolute atomic E-state index is 9.00. The average Bonchev–Trinajstić information content (AvgIpc) is 3.00. The van der Waals surface area contributed by atoms with Crippen molar-refractivity contribution in [2.75, 3.05) is 12.4 Å². The molecule has 0 radical (unpaired) electrons. The summed E-state index contributed by atoms with van der Waals surface area (Å²) < 4.78 is 2.03. The number of aryl methyl sites for hydroxylation is 1. The molecule has 0 aliphatic rings. The average molecular weight is 360 g/mol. The third kappa shape index (κ3) is 3.80. The molecule has 0 fully saturated rings. The lowest BCUT2D eigenvalue weighted by molar-refractivity contribution is 0.296. The van der Waals surface area contributed by atoms with Crippen LogP contribution in [0.1, 0.15) is 12.0 Å². The predicted octanol–water partition coefficient (Wildman–Crippen LogP) is 4.37. The summed E-state index contributed by atoms with van der Waals surface area (Å²) in [5.74, 6) is 1.59. The van der Waals surface area contributed by atoms with Crippen LogP contribution in [-0.4, -0.2) is 32.2 Å². The Morgan fingerprint density at radius 3 is 2.62 bits per heavy atom. The predicted molar refractivity (Wildman–Crippen MR) is 99.0 cm³/mol. The van der Waals surface area contributed by atoms with Crippen molar-refractivity contribution in [3.05, 3.63) is 59.1 Å². The van der Waals surface area contributed by atoms with Gasteiger partial charge in [-0.05, 0) is 43.7 Å². The van der Waals surface area contributed by atoms with E-state index in [1.165, 1.54) is 5.56 Å². The molecule has 0 bridgehead atoms. The second-order valence-corrected chi connectivity index (χ2v) is 6.91. The molecule has 1 N–H and O–H groups in total. The summed E-state index contributed by atoms with van der Waals surface area (Å²) in [5.41, 5.74) is 3.16. The van der Waals surface area contributed by atoms with Crippen molar-refractivity contribution in [3.63, 3.8) is 0 Å². The molecule has 4 nitrogen and oxygen atoms in total. The molecule has 1 heterocycles. The Hall–Kier alpha value is -1.82. The number of thioether (sulfide) groups is 1. The first-order valence-electron chi connectivity index (χ1n) is 7.71. The Morgan fingerprint density at radius 1 is 1.12 bits per heavy atom. The first kappa shape index (κ1) is 17.0. The van der Waals surface area contributed by atoms with Crippen LogP contribution in [0.15, 0.2) is 53.7 Å². The molecular formula is C18H18ClN3OS. The van der Waals surface area contributed by atoms with Gasteiger partial charge < -0.3 is 5.11 Å². The van der Waals surface area contributed by atoms with Crippen molar-refractivity contribution in [3.8, 4) is 17.1 Å². The topological polar surface area (TPSA) is 50.9 Å². The molecule has 0 saturated heterocycles. The van der Waals surface area contributed by atoms with Crippen LogP contribution < -0.4 is 0 Å². The van der Waals surface area contributed by atoms with Crippen molar-refractivity contribution < 1.29 is 5.11 Å². The summed E-state index contributed by atoms with van der Waals surface area (Å²) >= 11 is 7.61. The van der Waals surface area contributed by atoms with Crippen molar-refractivity contribution in [2.45, 2.75) is 18.5 Å². The van der Waals surface area contributed by atoms with E-state index in [9.17, 15) is 0 Å². The van der Waals surface area contributed by atoms with E-state index in [-0.39, 0.29) is 6.61 Å². The highest BCUT2D eigenvalue weighted by molar-refractivity contribution is 7.99. The van der Waals surface area contributed by atoms with E-state index in [4.69, 9.17) is 16.7 Å². The van der Waals surface area contributed by atoms with Crippen LogP contribution in [0.25, 0.3) is 17.1 Å². The third-order valence-electron chi connectivity index (χ3n) is 3.53. The number of aliphatic hydroxyl groups is 1. The first-order valence-corrected chi connectivity index (χ1v) is 9.07. The summed E-state index contributed by atoms with van der Waals surface area (Å²) in [5, 5.41) is 19.3. The van der Waals surface area contributed by atoms with Crippen LogP contribution in [0.2, 0.25) is 5.02 Å². The fourth-order valence-corrected chi connectivity index (χ4v) is 3.39. The minimum atomic E-state index is 0.173. The van der Waals surface area contributed by atoms with Crippen LogP contribution in [0, 0.1) is 6.92 Å². The van der Waals surface area contributed by atoms with E-state index in [0.717, 1.165) is 34.4 Å². The van der Waals surface area contributed by atoms with Gasteiger partial charge in [0.1, 0.15) is 0 Å². The molecule has 2 aromatic carbocycles. The molecule has 0 atom stereocenters. The normalized spacial score (nSPS) is 11.0. The Bertz CT molecular complexity index is 817. The number of aromatic nitrogens is 3. The van der Waals surface area contributed by atoms with Gasteiger partial charge in [0.25, 0.3) is 0 Å². The van der Waals surface area contributed by atoms with Gasteiger partial charge in [0.15, 0.2) is 11.0 Å². The van der Waals surface area contributed by atoms with Gasteiger partial charge in [0.2, 0.25) is 0 Å². The number of halogens is 1. The lowest BCUT2D eigenvalue weighted by atomic mass is 10.1. The summed E-state index contributed by atoms with van der Waals surface area (Å²) in [6.45, 7) is 2.23. The Labute approximate surface area is 150 Å². The smallest absolute Gasteiger partial charge is 0.196 e. The van der Waals surface area contributed by atoms with Crippen LogP contribution in [-0.2, 0) is 0 Å². The first-order chi connectivity index (χ1) is 11.7. The van der Waals surface area contributed by atoms with Gasteiger partial charge in [-0.25, -0.2) is 0 Å². The van der Waals surface area contributed by atoms with Crippen LogP contribution in [0.5, 0.6) is 0 Å². The molecule has 0 amide bonds. The van der Waals surface area contributed by atoms with Gasteiger partial charge in [0, 0.05) is 28.6 Å². The number of hydrogen-bond acceptors (Lipinski definition) is 4. The lowest BCUT2D eigenvalue weighted by Crippen LogP contribution is -2.00. The molecule has 0 saturated carbocycles. The SMILES string of the molecule is Cc1cccc(-c2nnc(SCCCO)n2-c2ccc(Cl)cc2)c1. The van der Waals surface area contributed by atoms with Gasteiger partial charge in [-0.3, -0.25) is 4.57 Å². The highest BCUT2D eigenvalue weighted by Gasteiger charge is 2.16. The molecule has 24 heavy (non-hydrogen) atoms. The molecule has 0 unspecified atom stereocenters. The quantitative estimate of drug-likeness (QED) is 0.524. The Morgan fingerprint density at radius 2 is 1.92 bits per heavy atom. The van der Waals surface area contributed by atoms with Crippen molar-refractivity contribution >= 4 is 23.4 Å². The minimum Gasteiger partial charge on any atom is -0.396 e. The Balaban J connectivity index is 2.07. The fraction of sp³-hybridized carbons (Fsp3) is 0.222. The molecule has 0 spiro atoms. The molecule has 6 heteroatoms. The standard InChI is InChI=1S/C18H18ClN3OS/c1-13-4-2-5-14(12-13)17-20-21-18(24-11-3-10-23)22(17)16-8-6-15(19)7-9-16/h2,4-9,12,23H,3,10-11H2,1H3. The Kier molecular flexibility index (Phi) is 5.56. The van der Waals surface area contributed by atoms with Crippen molar-refractivity contribution in [1.82, 2.24) is 14.8 Å². The van der Waals surface area contributed by atoms with Crippen LogP contribution >= 0.6 is 23.4 Å². The molecular weight excluding hydrogens is 342 g/mol. The molecule has 0 aliphatic heterocycles. The van der Waals surface area contributed by atoms with Gasteiger partial charge >= 0.3 is 0 Å². The van der Waals surface area contributed by atoms with Crippen LogP contribution in [0.3, 0.4) is 0 Å². The van der Waals surface area contributed by atoms with E-state index in [1.54, 1.807) is 11.8 Å².